The van der Waals surface area contributed by atoms with Crippen LogP contribution in [0.2, 0.25) is 0 Å². The van der Waals surface area contributed by atoms with Crippen molar-refractivity contribution in [3.63, 3.8) is 0 Å². The molecule has 4 aromatic rings. The smallest absolute Gasteiger partial charge is 0.163 e. The molecule has 0 saturated carbocycles. The van der Waals surface area contributed by atoms with Crippen LogP contribution in [0.25, 0.3) is 33.4 Å². The molecule has 134 valence electrons. The molecule has 2 aromatic carbocycles. The fourth-order valence-electron chi connectivity index (χ4n) is 3.04. The molecule has 0 aliphatic carbocycles. The van der Waals surface area contributed by atoms with Gasteiger partial charge in [-0.3, -0.25) is 4.98 Å². The highest BCUT2D eigenvalue weighted by Crippen LogP contribution is 2.35. The number of hydrogen-bond acceptors (Lipinski definition) is 5. The molecule has 27 heavy (non-hydrogen) atoms. The van der Waals surface area contributed by atoms with Crippen molar-refractivity contribution >= 4 is 16.7 Å². The molecule has 4 rings (SSSR count). The van der Waals surface area contributed by atoms with Gasteiger partial charge in [-0.1, -0.05) is 18.2 Å². The fourth-order valence-corrected chi connectivity index (χ4v) is 3.04. The molecule has 0 unspecified atom stereocenters. The van der Waals surface area contributed by atoms with E-state index in [1.165, 1.54) is 6.07 Å². The Balaban J connectivity index is 1.97. The second-order valence-electron chi connectivity index (χ2n) is 5.94. The van der Waals surface area contributed by atoms with E-state index in [0.717, 1.165) is 5.56 Å². The highest BCUT2D eigenvalue weighted by Gasteiger charge is 2.16. The van der Waals surface area contributed by atoms with E-state index >= 15 is 0 Å². The molecular formula is C21H17FN4O. The molecule has 0 amide bonds. The Kier molecular flexibility index (Phi) is 4.38. The number of benzene rings is 2. The van der Waals surface area contributed by atoms with Crippen molar-refractivity contribution in [2.45, 2.75) is 0 Å². The molecule has 1 N–H and O–H groups in total. The molecule has 0 aliphatic rings. The Morgan fingerprint density at radius 2 is 1.85 bits per heavy atom. The first kappa shape index (κ1) is 16.9. The van der Waals surface area contributed by atoms with Crippen molar-refractivity contribution in [1.82, 2.24) is 15.0 Å². The number of para-hydroxylation sites is 1. The lowest BCUT2D eigenvalue weighted by Crippen LogP contribution is -2.00. The molecule has 2 heterocycles. The van der Waals surface area contributed by atoms with E-state index in [0.29, 0.717) is 39.4 Å². The minimum absolute atomic E-state index is 0.360. The van der Waals surface area contributed by atoms with E-state index in [9.17, 15) is 4.39 Å². The van der Waals surface area contributed by atoms with E-state index in [1.54, 1.807) is 38.7 Å². The summed E-state index contributed by atoms with van der Waals surface area (Å²) in [5, 5.41) is 3.64. The van der Waals surface area contributed by atoms with E-state index in [2.05, 4.69) is 20.3 Å². The standard InChI is InChI=1S/C21H17FN4O/c1-23-21-16-10-17(22)15(14-7-3-4-8-19(14)27-2)11-18(16)25-20(26-21)13-6-5-9-24-12-13/h3-12H,1-2H3,(H,23,25,26). The van der Waals surface area contributed by atoms with Crippen LogP contribution in [0.3, 0.4) is 0 Å². The largest absolute Gasteiger partial charge is 0.496 e. The van der Waals surface area contributed by atoms with Gasteiger partial charge >= 0.3 is 0 Å². The van der Waals surface area contributed by atoms with Crippen molar-refractivity contribution in [2.75, 3.05) is 19.5 Å². The molecule has 2 aromatic heterocycles. The summed E-state index contributed by atoms with van der Waals surface area (Å²) in [6.07, 6.45) is 3.39. The van der Waals surface area contributed by atoms with Gasteiger partial charge in [-0.05, 0) is 30.3 Å². The third kappa shape index (κ3) is 3.06. The number of fused-ring (bicyclic) bond motifs is 1. The topological polar surface area (TPSA) is 59.9 Å². The SMILES string of the molecule is CNc1nc(-c2cccnc2)nc2cc(-c3ccccc3OC)c(F)cc12. The lowest BCUT2D eigenvalue weighted by molar-refractivity contribution is 0.416. The number of hydrogen-bond donors (Lipinski definition) is 1. The first-order valence-corrected chi connectivity index (χ1v) is 8.44. The summed E-state index contributed by atoms with van der Waals surface area (Å²) in [6.45, 7) is 0. The van der Waals surface area contributed by atoms with Gasteiger partial charge in [0.2, 0.25) is 0 Å². The quantitative estimate of drug-likeness (QED) is 0.579. The predicted octanol–water partition coefficient (Wildman–Crippen LogP) is 4.55. The van der Waals surface area contributed by atoms with Crippen LogP contribution in [0.4, 0.5) is 10.2 Å². The summed E-state index contributed by atoms with van der Waals surface area (Å²) < 4.78 is 20.3. The first-order valence-electron chi connectivity index (χ1n) is 8.44. The average Bonchev–Trinajstić information content (AvgIpc) is 2.73. The van der Waals surface area contributed by atoms with E-state index in [1.807, 2.05) is 30.3 Å². The van der Waals surface area contributed by atoms with Crippen LogP contribution >= 0.6 is 0 Å². The van der Waals surface area contributed by atoms with Gasteiger partial charge < -0.3 is 10.1 Å². The summed E-state index contributed by atoms with van der Waals surface area (Å²) in [7, 11) is 3.32. The van der Waals surface area contributed by atoms with Gasteiger partial charge in [0.05, 0.1) is 12.6 Å². The zero-order chi connectivity index (χ0) is 18.8. The zero-order valence-corrected chi connectivity index (χ0v) is 14.9. The number of aromatic nitrogens is 3. The maximum Gasteiger partial charge on any atom is 0.163 e. The lowest BCUT2D eigenvalue weighted by Gasteiger charge is -2.13. The molecule has 0 bridgehead atoms. The summed E-state index contributed by atoms with van der Waals surface area (Å²) in [4.78, 5) is 13.3. The van der Waals surface area contributed by atoms with Crippen LogP contribution in [0, 0.1) is 5.82 Å². The summed E-state index contributed by atoms with van der Waals surface area (Å²) in [5.74, 6) is 1.33. The van der Waals surface area contributed by atoms with Crippen LogP contribution in [0.1, 0.15) is 0 Å². The van der Waals surface area contributed by atoms with Gasteiger partial charge in [0.25, 0.3) is 0 Å². The average molecular weight is 360 g/mol. The molecule has 0 radical (unpaired) electrons. The minimum Gasteiger partial charge on any atom is -0.496 e. The number of rotatable bonds is 4. The molecule has 5 nitrogen and oxygen atoms in total. The number of methoxy groups -OCH3 is 1. The van der Waals surface area contributed by atoms with E-state index < -0.39 is 0 Å². The highest BCUT2D eigenvalue weighted by molar-refractivity contribution is 5.94. The Hall–Kier alpha value is -3.54. The molecule has 6 heteroatoms. The second kappa shape index (κ2) is 6.99. The van der Waals surface area contributed by atoms with Crippen molar-refractivity contribution in [1.29, 1.82) is 0 Å². The summed E-state index contributed by atoms with van der Waals surface area (Å²) in [5.41, 5.74) is 2.53. The Labute approximate surface area is 155 Å². The molecule has 0 saturated heterocycles. The van der Waals surface area contributed by atoms with Crippen LogP contribution in [-0.2, 0) is 0 Å². The molecule has 0 atom stereocenters. The maximum atomic E-state index is 14.9. The van der Waals surface area contributed by atoms with E-state index in [-0.39, 0.29) is 5.82 Å². The van der Waals surface area contributed by atoms with E-state index in [4.69, 9.17) is 4.74 Å². The second-order valence-corrected chi connectivity index (χ2v) is 5.94. The van der Waals surface area contributed by atoms with Crippen LogP contribution in [0.5, 0.6) is 5.75 Å². The third-order valence-corrected chi connectivity index (χ3v) is 4.34. The number of anilines is 1. The van der Waals surface area contributed by atoms with Crippen molar-refractivity contribution in [2.24, 2.45) is 0 Å². The van der Waals surface area contributed by atoms with Crippen molar-refractivity contribution in [3.05, 3.63) is 66.7 Å². The fraction of sp³-hybridized carbons (Fsp3) is 0.0952. The van der Waals surface area contributed by atoms with Gasteiger partial charge in [-0.15, -0.1) is 0 Å². The maximum absolute atomic E-state index is 14.9. The van der Waals surface area contributed by atoms with Gasteiger partial charge in [-0.25, -0.2) is 14.4 Å². The number of pyridine rings is 1. The number of ether oxygens (including phenoxy) is 1. The minimum atomic E-state index is -0.360. The number of halogens is 1. The Morgan fingerprint density at radius 3 is 2.59 bits per heavy atom. The molecule has 0 aliphatic heterocycles. The molecular weight excluding hydrogens is 343 g/mol. The number of nitrogens with one attached hydrogen (secondary N) is 1. The molecule has 0 spiro atoms. The normalized spacial score (nSPS) is 10.8. The first-order chi connectivity index (χ1) is 13.2. The number of nitrogens with zero attached hydrogens (tertiary/aromatic N) is 3. The van der Waals surface area contributed by atoms with Crippen LogP contribution < -0.4 is 10.1 Å². The Morgan fingerprint density at radius 1 is 1.00 bits per heavy atom. The summed E-state index contributed by atoms with van der Waals surface area (Å²) in [6, 6.07) is 14.2. The monoisotopic (exact) mass is 360 g/mol. The van der Waals surface area contributed by atoms with Gasteiger partial charge in [0.1, 0.15) is 17.4 Å². The third-order valence-electron chi connectivity index (χ3n) is 4.34. The Bertz CT molecular complexity index is 1120. The van der Waals surface area contributed by atoms with Crippen molar-refractivity contribution in [3.8, 4) is 28.3 Å². The zero-order valence-electron chi connectivity index (χ0n) is 14.9. The van der Waals surface area contributed by atoms with Crippen LogP contribution in [-0.4, -0.2) is 29.1 Å². The van der Waals surface area contributed by atoms with Gasteiger partial charge in [0.15, 0.2) is 5.82 Å². The highest BCUT2D eigenvalue weighted by atomic mass is 19.1. The van der Waals surface area contributed by atoms with Crippen molar-refractivity contribution < 1.29 is 9.13 Å². The summed E-state index contributed by atoms with van der Waals surface area (Å²) >= 11 is 0. The van der Waals surface area contributed by atoms with Gasteiger partial charge in [-0.2, -0.15) is 0 Å². The predicted molar refractivity (Wildman–Crippen MR) is 104 cm³/mol. The lowest BCUT2D eigenvalue weighted by atomic mass is 10.0. The molecule has 0 fully saturated rings. The van der Waals surface area contributed by atoms with Crippen LogP contribution in [0.15, 0.2) is 60.9 Å². The van der Waals surface area contributed by atoms with Gasteiger partial charge in [0, 0.05) is 41.5 Å².